The van der Waals surface area contributed by atoms with E-state index >= 15 is 0 Å². The monoisotopic (exact) mass is 556 g/mol. The van der Waals surface area contributed by atoms with Crippen LogP contribution in [0.4, 0.5) is 11.4 Å². The van der Waals surface area contributed by atoms with E-state index in [1.165, 1.54) is 11.0 Å². The Balaban J connectivity index is 1.17. The van der Waals surface area contributed by atoms with Crippen molar-refractivity contribution in [2.24, 2.45) is 11.8 Å². The van der Waals surface area contributed by atoms with Crippen molar-refractivity contribution >= 4 is 35.1 Å². The molecule has 0 spiro atoms. The number of nitrogens with one attached hydrogen (secondary N) is 1. The highest BCUT2D eigenvalue weighted by atomic mass is 16.5. The van der Waals surface area contributed by atoms with E-state index in [1.54, 1.807) is 24.3 Å². The summed E-state index contributed by atoms with van der Waals surface area (Å²) in [6.07, 6.45) is 0. The number of amides is 3. The molecule has 0 saturated carbocycles. The molecule has 1 saturated heterocycles. The van der Waals surface area contributed by atoms with Crippen LogP contribution in [-0.2, 0) is 19.1 Å². The van der Waals surface area contributed by atoms with Crippen LogP contribution in [0.25, 0.3) is 0 Å². The Kier molecular flexibility index (Phi) is 6.04. The van der Waals surface area contributed by atoms with E-state index in [4.69, 9.17) is 4.74 Å². The zero-order chi connectivity index (χ0) is 29.1. The maximum atomic E-state index is 14.2. The minimum absolute atomic E-state index is 0.0553. The molecule has 0 aromatic heterocycles. The van der Waals surface area contributed by atoms with Gasteiger partial charge in [0.1, 0.15) is 0 Å². The molecule has 8 rings (SSSR count). The fraction of sp³-hybridized carbons (Fsp3) is 0.200. The number of para-hydroxylation sites is 1. The highest BCUT2D eigenvalue weighted by molar-refractivity contribution is 6.25. The average molecular weight is 557 g/mol. The Morgan fingerprint density at radius 3 is 1.81 bits per heavy atom. The molecule has 4 aromatic carbocycles. The lowest BCUT2D eigenvalue weighted by molar-refractivity contribution is -0.122. The van der Waals surface area contributed by atoms with Gasteiger partial charge in [0.25, 0.3) is 5.91 Å². The zero-order valence-corrected chi connectivity index (χ0v) is 23.2. The lowest BCUT2D eigenvalue weighted by Gasteiger charge is -2.45. The van der Waals surface area contributed by atoms with Crippen molar-refractivity contribution < 1.29 is 23.9 Å². The first-order valence-electron chi connectivity index (χ1n) is 14.0. The number of hydrogen-bond acceptors (Lipinski definition) is 5. The fourth-order valence-electron chi connectivity index (χ4n) is 7.04. The van der Waals surface area contributed by atoms with E-state index in [-0.39, 0.29) is 34.9 Å². The maximum Gasteiger partial charge on any atom is 0.340 e. The van der Waals surface area contributed by atoms with Crippen LogP contribution in [0, 0.1) is 25.7 Å². The molecule has 1 aliphatic heterocycles. The summed E-state index contributed by atoms with van der Waals surface area (Å²) in [5.41, 5.74) is 7.13. The predicted octanol–water partition coefficient (Wildman–Crippen LogP) is 5.50. The standard InChI is InChI=1S/C35H28N2O5/c1-19-10-9-16-26(20(19)2)36-28(38)18-42-35(41)25-15-7-8-17-27(25)37-33(39)31-29-21-11-3-4-12-22(21)30(32(31)34(37)40)24-14-6-5-13-23(24)29/h3-17,29-32H,18H2,1-2H3,(H,36,38)/t29?,30?,31-,32-/m1/s1. The van der Waals surface area contributed by atoms with Crippen molar-refractivity contribution in [2.45, 2.75) is 25.7 Å². The average Bonchev–Trinajstić information content (AvgIpc) is 3.28. The van der Waals surface area contributed by atoms with Crippen LogP contribution in [0.3, 0.4) is 0 Å². The molecule has 3 amide bonds. The summed E-state index contributed by atoms with van der Waals surface area (Å²) >= 11 is 0. The van der Waals surface area contributed by atoms with Crippen LogP contribution in [0.2, 0.25) is 0 Å². The number of carbonyl (C=O) groups is 4. The van der Waals surface area contributed by atoms with Crippen molar-refractivity contribution in [2.75, 3.05) is 16.8 Å². The van der Waals surface area contributed by atoms with E-state index in [2.05, 4.69) is 5.32 Å². The molecule has 7 nitrogen and oxygen atoms in total. The molecular weight excluding hydrogens is 528 g/mol. The van der Waals surface area contributed by atoms with Crippen molar-refractivity contribution in [3.8, 4) is 0 Å². The molecule has 2 atom stereocenters. The van der Waals surface area contributed by atoms with Gasteiger partial charge in [-0.2, -0.15) is 0 Å². The summed E-state index contributed by atoms with van der Waals surface area (Å²) in [7, 11) is 0. The Bertz CT molecular complexity index is 1700. The molecule has 7 heteroatoms. The van der Waals surface area contributed by atoms with E-state index in [0.717, 1.165) is 33.4 Å². The van der Waals surface area contributed by atoms with Crippen LogP contribution in [-0.4, -0.2) is 30.3 Å². The Morgan fingerprint density at radius 1 is 0.714 bits per heavy atom. The number of carbonyl (C=O) groups excluding carboxylic acids is 4. The molecule has 0 unspecified atom stereocenters. The van der Waals surface area contributed by atoms with Gasteiger partial charge < -0.3 is 10.1 Å². The summed E-state index contributed by atoms with van der Waals surface area (Å²) in [5.74, 6) is -3.55. The fourth-order valence-corrected chi connectivity index (χ4v) is 7.04. The van der Waals surface area contributed by atoms with Crippen LogP contribution in [0.5, 0.6) is 0 Å². The van der Waals surface area contributed by atoms with E-state index in [9.17, 15) is 19.2 Å². The molecule has 1 N–H and O–H groups in total. The summed E-state index contributed by atoms with van der Waals surface area (Å²) in [5, 5.41) is 2.77. The number of esters is 1. The SMILES string of the molecule is Cc1cccc(NC(=O)COC(=O)c2ccccc2N2C(=O)[C@@H]3C4c5ccccc5C(c5ccccc54)[C@H]3C2=O)c1C. The minimum Gasteiger partial charge on any atom is -0.452 e. The van der Waals surface area contributed by atoms with Crippen LogP contribution in [0.15, 0.2) is 91.0 Å². The number of benzene rings is 4. The number of anilines is 2. The number of aryl methyl sites for hydroxylation is 1. The molecule has 3 aliphatic carbocycles. The van der Waals surface area contributed by atoms with Gasteiger partial charge in [-0.3, -0.25) is 14.4 Å². The van der Waals surface area contributed by atoms with E-state index < -0.39 is 30.3 Å². The third-order valence-electron chi connectivity index (χ3n) is 9.03. The molecule has 4 aromatic rings. The Hall–Kier alpha value is -5.04. The first-order chi connectivity index (χ1) is 20.4. The van der Waals surface area contributed by atoms with Gasteiger partial charge >= 0.3 is 5.97 Å². The molecule has 2 bridgehead atoms. The normalized spacial score (nSPS) is 21.4. The lowest BCUT2D eigenvalue weighted by Crippen LogP contribution is -2.41. The molecule has 208 valence electrons. The summed E-state index contributed by atoms with van der Waals surface area (Å²) in [6, 6.07) is 28.1. The smallest absolute Gasteiger partial charge is 0.340 e. The van der Waals surface area contributed by atoms with Crippen molar-refractivity contribution in [1.82, 2.24) is 0 Å². The third kappa shape index (κ3) is 3.80. The Morgan fingerprint density at radius 2 is 1.24 bits per heavy atom. The van der Waals surface area contributed by atoms with Gasteiger partial charge in [-0.1, -0.05) is 72.8 Å². The van der Waals surface area contributed by atoms with Crippen molar-refractivity contribution in [3.05, 3.63) is 130 Å². The number of nitrogens with zero attached hydrogens (tertiary/aromatic N) is 1. The number of hydrogen-bond donors (Lipinski definition) is 1. The second-order valence-corrected chi connectivity index (χ2v) is 11.2. The second kappa shape index (κ2) is 9.80. The van der Waals surface area contributed by atoms with E-state index in [0.29, 0.717) is 5.69 Å². The van der Waals surface area contributed by atoms with Gasteiger partial charge in [0.2, 0.25) is 11.8 Å². The topological polar surface area (TPSA) is 92.8 Å². The summed E-state index contributed by atoms with van der Waals surface area (Å²) < 4.78 is 5.38. The molecule has 0 radical (unpaired) electrons. The van der Waals surface area contributed by atoms with Crippen molar-refractivity contribution in [1.29, 1.82) is 0 Å². The van der Waals surface area contributed by atoms with Gasteiger partial charge in [0.15, 0.2) is 6.61 Å². The van der Waals surface area contributed by atoms with Crippen molar-refractivity contribution in [3.63, 3.8) is 0 Å². The van der Waals surface area contributed by atoms with Gasteiger partial charge in [0.05, 0.1) is 23.1 Å². The zero-order valence-electron chi connectivity index (χ0n) is 23.2. The molecule has 4 aliphatic rings. The highest BCUT2D eigenvalue weighted by Gasteiger charge is 2.62. The molecule has 42 heavy (non-hydrogen) atoms. The van der Waals surface area contributed by atoms with Gasteiger partial charge in [-0.25, -0.2) is 9.69 Å². The first-order valence-corrected chi connectivity index (χ1v) is 14.0. The largest absolute Gasteiger partial charge is 0.452 e. The third-order valence-corrected chi connectivity index (χ3v) is 9.03. The Labute approximate surface area is 243 Å². The molecular formula is C35H28N2O5. The lowest BCUT2D eigenvalue weighted by atomic mass is 9.55. The van der Waals surface area contributed by atoms with Crippen LogP contribution in [0.1, 0.15) is 55.6 Å². The number of ether oxygens (including phenoxy) is 1. The highest BCUT2D eigenvalue weighted by Crippen LogP contribution is 2.61. The minimum atomic E-state index is -0.785. The second-order valence-electron chi connectivity index (χ2n) is 11.2. The van der Waals surface area contributed by atoms with Gasteiger partial charge in [-0.15, -0.1) is 0 Å². The predicted molar refractivity (Wildman–Crippen MR) is 157 cm³/mol. The maximum absolute atomic E-state index is 14.2. The van der Waals surface area contributed by atoms with Crippen LogP contribution >= 0.6 is 0 Å². The van der Waals surface area contributed by atoms with Crippen LogP contribution < -0.4 is 10.2 Å². The van der Waals surface area contributed by atoms with Gasteiger partial charge in [-0.05, 0) is 65.4 Å². The number of rotatable bonds is 5. The van der Waals surface area contributed by atoms with E-state index in [1.807, 2.05) is 74.5 Å². The molecule has 1 fully saturated rings. The van der Waals surface area contributed by atoms with Gasteiger partial charge in [0, 0.05) is 17.5 Å². The molecule has 1 heterocycles. The first kappa shape index (κ1) is 25.9. The summed E-state index contributed by atoms with van der Waals surface area (Å²) in [4.78, 5) is 55.4. The number of imide groups is 1. The quantitative estimate of drug-likeness (QED) is 0.259. The summed E-state index contributed by atoms with van der Waals surface area (Å²) in [6.45, 7) is 3.34.